The van der Waals surface area contributed by atoms with Gasteiger partial charge < -0.3 is 10.1 Å². The Morgan fingerprint density at radius 1 is 1.47 bits per heavy atom. The van der Waals surface area contributed by atoms with Gasteiger partial charge in [0.1, 0.15) is 0 Å². The highest BCUT2D eigenvalue weighted by Crippen LogP contribution is 2.13. The van der Waals surface area contributed by atoms with Gasteiger partial charge in [-0.2, -0.15) is 0 Å². The zero-order chi connectivity index (χ0) is 12.8. The molecule has 1 aromatic heterocycles. The van der Waals surface area contributed by atoms with Crippen molar-refractivity contribution in [3.05, 3.63) is 11.9 Å². The molecule has 2 atom stereocenters. The summed E-state index contributed by atoms with van der Waals surface area (Å²) in [6, 6.07) is 0.279. The Morgan fingerprint density at radius 3 is 2.59 bits per heavy atom. The summed E-state index contributed by atoms with van der Waals surface area (Å²) in [7, 11) is 3.65. The molecular weight excluding hydrogens is 216 g/mol. The molecule has 1 aromatic rings. The van der Waals surface area contributed by atoms with Gasteiger partial charge in [-0.3, -0.25) is 4.68 Å². The fourth-order valence-corrected chi connectivity index (χ4v) is 2.18. The first-order chi connectivity index (χ1) is 8.08. The molecule has 0 aromatic carbocycles. The van der Waals surface area contributed by atoms with E-state index >= 15 is 0 Å². The minimum Gasteiger partial charge on any atom is -0.380 e. The van der Waals surface area contributed by atoms with E-state index in [9.17, 15) is 0 Å². The van der Waals surface area contributed by atoms with Crippen molar-refractivity contribution in [1.29, 1.82) is 0 Å². The Bertz CT molecular complexity index is 324. The lowest BCUT2D eigenvalue weighted by atomic mass is 9.96. The van der Waals surface area contributed by atoms with Crippen LogP contribution in [0.5, 0.6) is 0 Å². The molecule has 1 rings (SSSR count). The number of methoxy groups -OCH3 is 1. The maximum Gasteiger partial charge on any atom is 0.0843 e. The predicted octanol–water partition coefficient (Wildman–Crippen LogP) is 1.01. The largest absolute Gasteiger partial charge is 0.380 e. The molecule has 0 bridgehead atoms. The number of ether oxygens (including phenoxy) is 1. The topological polar surface area (TPSA) is 52.0 Å². The Balaban J connectivity index is 2.70. The van der Waals surface area contributed by atoms with E-state index in [1.807, 2.05) is 13.2 Å². The van der Waals surface area contributed by atoms with Crippen LogP contribution in [0, 0.1) is 5.92 Å². The molecule has 0 aliphatic carbocycles. The average Bonchev–Trinajstić information content (AvgIpc) is 2.64. The number of rotatable bonds is 7. The molecule has 0 aliphatic heterocycles. The van der Waals surface area contributed by atoms with Crippen molar-refractivity contribution in [2.24, 2.45) is 13.0 Å². The maximum absolute atomic E-state index is 5.59. The van der Waals surface area contributed by atoms with Gasteiger partial charge in [0.25, 0.3) is 0 Å². The Hall–Kier alpha value is -0.940. The van der Waals surface area contributed by atoms with Gasteiger partial charge in [-0.25, -0.2) is 0 Å². The van der Waals surface area contributed by atoms with Crippen molar-refractivity contribution in [3.8, 4) is 0 Å². The lowest BCUT2D eigenvalue weighted by Crippen LogP contribution is -2.45. The molecule has 0 radical (unpaired) electrons. The monoisotopic (exact) mass is 240 g/mol. The quantitative estimate of drug-likeness (QED) is 0.772. The Kier molecular flexibility index (Phi) is 5.58. The first-order valence-corrected chi connectivity index (χ1v) is 6.19. The van der Waals surface area contributed by atoms with Crippen LogP contribution in [0.2, 0.25) is 0 Å². The zero-order valence-electron chi connectivity index (χ0n) is 11.5. The van der Waals surface area contributed by atoms with Crippen molar-refractivity contribution in [3.63, 3.8) is 0 Å². The van der Waals surface area contributed by atoms with Crippen LogP contribution in [0.15, 0.2) is 6.20 Å². The van der Waals surface area contributed by atoms with E-state index in [-0.39, 0.29) is 12.1 Å². The molecule has 1 heterocycles. The second-order valence-corrected chi connectivity index (χ2v) is 4.70. The lowest BCUT2D eigenvalue weighted by Gasteiger charge is -2.29. The third-order valence-electron chi connectivity index (χ3n) is 2.87. The van der Waals surface area contributed by atoms with E-state index in [2.05, 4.69) is 36.4 Å². The molecule has 5 heteroatoms. The van der Waals surface area contributed by atoms with Gasteiger partial charge in [-0.1, -0.05) is 26.0 Å². The van der Waals surface area contributed by atoms with Crippen molar-refractivity contribution >= 4 is 0 Å². The number of aromatic nitrogens is 3. The zero-order valence-corrected chi connectivity index (χ0v) is 11.5. The van der Waals surface area contributed by atoms with Crippen LogP contribution in [0.1, 0.15) is 26.5 Å². The van der Waals surface area contributed by atoms with Crippen LogP contribution in [-0.2, 0) is 18.2 Å². The number of hydrogen-bond donors (Lipinski definition) is 1. The van der Waals surface area contributed by atoms with Crippen molar-refractivity contribution < 1.29 is 4.74 Å². The van der Waals surface area contributed by atoms with Gasteiger partial charge in [0.2, 0.25) is 0 Å². The molecule has 0 fully saturated rings. The fraction of sp³-hybridized carbons (Fsp3) is 0.833. The number of hydrogen-bond acceptors (Lipinski definition) is 4. The number of nitrogens with one attached hydrogen (secondary N) is 1. The summed E-state index contributed by atoms with van der Waals surface area (Å²) < 4.78 is 7.32. The normalized spacial score (nSPS) is 15.2. The first kappa shape index (κ1) is 14.1. The minimum atomic E-state index is 0.192. The van der Waals surface area contributed by atoms with E-state index in [1.165, 1.54) is 0 Å². The number of likely N-dealkylation sites (N-methyl/N-ethyl adjacent to an activating group) is 1. The van der Waals surface area contributed by atoms with Gasteiger partial charge in [-0.05, 0) is 12.5 Å². The van der Waals surface area contributed by atoms with E-state index in [4.69, 9.17) is 4.74 Å². The summed E-state index contributed by atoms with van der Waals surface area (Å²) in [6.07, 6.45) is 2.99. The van der Waals surface area contributed by atoms with Crippen LogP contribution in [0.25, 0.3) is 0 Å². The third-order valence-corrected chi connectivity index (χ3v) is 2.87. The number of aryl methyl sites for hydroxylation is 1. The van der Waals surface area contributed by atoms with Crippen LogP contribution >= 0.6 is 0 Å². The third kappa shape index (κ3) is 4.09. The molecule has 0 aliphatic rings. The summed E-state index contributed by atoms with van der Waals surface area (Å²) in [4.78, 5) is 0. The fourth-order valence-electron chi connectivity index (χ4n) is 2.18. The second-order valence-electron chi connectivity index (χ2n) is 4.70. The second kappa shape index (κ2) is 6.71. The molecular formula is C12H24N4O. The van der Waals surface area contributed by atoms with Gasteiger partial charge >= 0.3 is 0 Å². The Morgan fingerprint density at radius 2 is 2.18 bits per heavy atom. The number of nitrogens with zero attached hydrogens (tertiary/aromatic N) is 3. The van der Waals surface area contributed by atoms with Crippen LogP contribution < -0.4 is 5.32 Å². The standard InChI is InChI=1S/C12H24N4O/c1-6-13-11(12(17-5)9(2)3)7-10-8-16(4)15-14-10/h8-9,11-13H,6-7H2,1-5H3. The highest BCUT2D eigenvalue weighted by molar-refractivity contribution is 4.98. The van der Waals surface area contributed by atoms with E-state index in [0.717, 1.165) is 18.7 Å². The molecule has 17 heavy (non-hydrogen) atoms. The van der Waals surface area contributed by atoms with Gasteiger partial charge in [0.05, 0.1) is 11.8 Å². The summed E-state index contributed by atoms with van der Waals surface area (Å²) in [5, 5.41) is 11.6. The van der Waals surface area contributed by atoms with Gasteiger partial charge in [0.15, 0.2) is 0 Å². The molecule has 98 valence electrons. The molecule has 0 amide bonds. The first-order valence-electron chi connectivity index (χ1n) is 6.19. The highest BCUT2D eigenvalue weighted by atomic mass is 16.5. The van der Waals surface area contributed by atoms with Crippen molar-refractivity contribution in [2.45, 2.75) is 39.3 Å². The highest BCUT2D eigenvalue weighted by Gasteiger charge is 2.24. The summed E-state index contributed by atoms with van der Waals surface area (Å²) in [5.41, 5.74) is 1.00. The predicted molar refractivity (Wildman–Crippen MR) is 67.8 cm³/mol. The van der Waals surface area contributed by atoms with Gasteiger partial charge in [-0.15, -0.1) is 5.10 Å². The molecule has 1 N–H and O–H groups in total. The van der Waals surface area contributed by atoms with Crippen LogP contribution in [-0.4, -0.2) is 40.8 Å². The van der Waals surface area contributed by atoms with Crippen LogP contribution in [0.3, 0.4) is 0 Å². The van der Waals surface area contributed by atoms with E-state index < -0.39 is 0 Å². The SMILES string of the molecule is CCNC(Cc1cn(C)nn1)C(OC)C(C)C. The Labute approximate surface area is 104 Å². The minimum absolute atomic E-state index is 0.192. The van der Waals surface area contributed by atoms with Crippen molar-refractivity contribution in [1.82, 2.24) is 20.3 Å². The molecule has 0 spiro atoms. The van der Waals surface area contributed by atoms with Crippen LogP contribution in [0.4, 0.5) is 0 Å². The molecule has 0 saturated heterocycles. The maximum atomic E-state index is 5.59. The average molecular weight is 240 g/mol. The van der Waals surface area contributed by atoms with E-state index in [1.54, 1.807) is 11.8 Å². The molecule has 2 unspecified atom stereocenters. The molecule has 5 nitrogen and oxygen atoms in total. The summed E-state index contributed by atoms with van der Waals surface area (Å²) in [5.74, 6) is 0.473. The van der Waals surface area contributed by atoms with Crippen molar-refractivity contribution in [2.75, 3.05) is 13.7 Å². The van der Waals surface area contributed by atoms with Gasteiger partial charge in [0, 0.05) is 32.8 Å². The lowest BCUT2D eigenvalue weighted by molar-refractivity contribution is 0.0334. The molecule has 0 saturated carbocycles. The summed E-state index contributed by atoms with van der Waals surface area (Å²) >= 11 is 0. The summed E-state index contributed by atoms with van der Waals surface area (Å²) in [6.45, 7) is 7.39. The smallest absolute Gasteiger partial charge is 0.0843 e. The van der Waals surface area contributed by atoms with E-state index in [0.29, 0.717) is 5.92 Å².